The Morgan fingerprint density at radius 1 is 1.30 bits per heavy atom. The van der Waals surface area contributed by atoms with Gasteiger partial charge in [0, 0.05) is 12.5 Å². The number of hydrogen-bond donors (Lipinski definition) is 1. The highest BCUT2D eigenvalue weighted by molar-refractivity contribution is 6.37. The first-order valence-corrected chi connectivity index (χ1v) is 7.76. The molecular formula is C15H21Cl2NO2. The predicted octanol–water partition coefficient (Wildman–Crippen LogP) is 3.78. The number of nitrogens with one attached hydrogen (secondary N) is 1. The Bertz CT molecular complexity index is 414. The minimum Gasteiger partial charge on any atom is -0.485 e. The molecule has 1 fully saturated rings. The third-order valence-corrected chi connectivity index (χ3v) is 4.00. The van der Waals surface area contributed by atoms with Crippen LogP contribution < -0.4 is 10.1 Å². The molecule has 2 rings (SSSR count). The fraction of sp³-hybridized carbons (Fsp3) is 0.600. The van der Waals surface area contributed by atoms with E-state index in [-0.39, 0.29) is 12.2 Å². The largest absolute Gasteiger partial charge is 0.485 e. The van der Waals surface area contributed by atoms with Gasteiger partial charge in [-0.25, -0.2) is 0 Å². The lowest BCUT2D eigenvalue weighted by Crippen LogP contribution is -2.34. The van der Waals surface area contributed by atoms with Crippen LogP contribution in [0.3, 0.4) is 0 Å². The van der Waals surface area contributed by atoms with Crippen LogP contribution >= 0.6 is 23.2 Å². The smallest absolute Gasteiger partial charge is 0.157 e. The Hall–Kier alpha value is -0.480. The van der Waals surface area contributed by atoms with Crippen molar-refractivity contribution in [3.8, 4) is 5.75 Å². The minimum absolute atomic E-state index is 0.0372. The van der Waals surface area contributed by atoms with Gasteiger partial charge in [0.1, 0.15) is 6.10 Å². The zero-order valence-corrected chi connectivity index (χ0v) is 13.4. The lowest BCUT2D eigenvalue weighted by molar-refractivity contribution is -0.00358. The molecule has 0 saturated carbocycles. The second kappa shape index (κ2) is 7.51. The van der Waals surface area contributed by atoms with Crippen molar-refractivity contribution in [2.24, 2.45) is 5.92 Å². The van der Waals surface area contributed by atoms with E-state index in [1.165, 1.54) is 0 Å². The van der Waals surface area contributed by atoms with Gasteiger partial charge in [0.2, 0.25) is 0 Å². The molecular weight excluding hydrogens is 297 g/mol. The van der Waals surface area contributed by atoms with Gasteiger partial charge in [0.15, 0.2) is 5.75 Å². The molecule has 0 spiro atoms. The zero-order valence-electron chi connectivity index (χ0n) is 11.9. The van der Waals surface area contributed by atoms with Crippen LogP contribution in [0.4, 0.5) is 0 Å². The first-order valence-electron chi connectivity index (χ1n) is 7.01. The molecule has 2 atom stereocenters. The van der Waals surface area contributed by atoms with E-state index in [0.717, 1.165) is 19.5 Å². The van der Waals surface area contributed by atoms with Gasteiger partial charge in [-0.3, -0.25) is 0 Å². The van der Waals surface area contributed by atoms with Gasteiger partial charge in [-0.05, 0) is 38.9 Å². The summed E-state index contributed by atoms with van der Waals surface area (Å²) in [4.78, 5) is 0. The van der Waals surface area contributed by atoms with Crippen LogP contribution in [0.2, 0.25) is 10.0 Å². The van der Waals surface area contributed by atoms with Crippen LogP contribution in [-0.4, -0.2) is 31.9 Å². The molecule has 1 N–H and O–H groups in total. The molecule has 1 aromatic rings. The van der Waals surface area contributed by atoms with Gasteiger partial charge < -0.3 is 14.8 Å². The summed E-state index contributed by atoms with van der Waals surface area (Å²) in [6, 6.07) is 5.39. The Morgan fingerprint density at radius 3 is 2.55 bits per heavy atom. The highest BCUT2D eigenvalue weighted by Crippen LogP contribution is 2.34. The molecule has 0 bridgehead atoms. The summed E-state index contributed by atoms with van der Waals surface area (Å²) >= 11 is 12.4. The third kappa shape index (κ3) is 4.26. The monoisotopic (exact) mass is 317 g/mol. The molecule has 3 nitrogen and oxygen atoms in total. The maximum absolute atomic E-state index is 6.18. The first-order chi connectivity index (χ1) is 9.58. The Labute approximate surface area is 130 Å². The molecule has 112 valence electrons. The molecule has 5 heteroatoms. The van der Waals surface area contributed by atoms with Crippen molar-refractivity contribution in [1.82, 2.24) is 5.32 Å². The highest BCUT2D eigenvalue weighted by Gasteiger charge is 2.28. The summed E-state index contributed by atoms with van der Waals surface area (Å²) < 4.78 is 11.8. The van der Waals surface area contributed by atoms with Gasteiger partial charge in [0.05, 0.1) is 22.8 Å². The zero-order chi connectivity index (χ0) is 14.5. The standard InChI is InChI=1S/C15H21Cl2NO2/c1-10(2)19-9-14(11-6-7-18-8-11)20-15-12(16)4-3-5-13(15)17/h3-5,10-11,14,18H,6-9H2,1-2H3/t11-,14+/m0/s1. The summed E-state index contributed by atoms with van der Waals surface area (Å²) in [5.41, 5.74) is 0. The number of hydrogen-bond acceptors (Lipinski definition) is 3. The van der Waals surface area contributed by atoms with Crippen molar-refractivity contribution >= 4 is 23.2 Å². The molecule has 1 aromatic carbocycles. The van der Waals surface area contributed by atoms with E-state index in [0.29, 0.717) is 28.3 Å². The normalized spacial score (nSPS) is 20.4. The van der Waals surface area contributed by atoms with Crippen molar-refractivity contribution in [3.05, 3.63) is 28.2 Å². The fourth-order valence-corrected chi connectivity index (χ4v) is 2.78. The van der Waals surface area contributed by atoms with E-state index in [1.807, 2.05) is 19.9 Å². The molecule has 1 aliphatic rings. The van der Waals surface area contributed by atoms with Crippen molar-refractivity contribution in [1.29, 1.82) is 0 Å². The number of ether oxygens (including phenoxy) is 2. The summed E-state index contributed by atoms with van der Waals surface area (Å²) in [7, 11) is 0. The highest BCUT2D eigenvalue weighted by atomic mass is 35.5. The predicted molar refractivity (Wildman–Crippen MR) is 82.9 cm³/mol. The Morgan fingerprint density at radius 2 is 2.00 bits per heavy atom. The van der Waals surface area contributed by atoms with Gasteiger partial charge in [-0.15, -0.1) is 0 Å². The van der Waals surface area contributed by atoms with E-state index in [2.05, 4.69) is 5.32 Å². The van der Waals surface area contributed by atoms with E-state index >= 15 is 0 Å². The van der Waals surface area contributed by atoms with Crippen LogP contribution in [0.1, 0.15) is 20.3 Å². The minimum atomic E-state index is -0.0372. The summed E-state index contributed by atoms with van der Waals surface area (Å²) in [6.45, 7) is 6.54. The van der Waals surface area contributed by atoms with E-state index < -0.39 is 0 Å². The maximum Gasteiger partial charge on any atom is 0.157 e. The molecule has 0 aliphatic carbocycles. The lowest BCUT2D eigenvalue weighted by atomic mass is 10.0. The Kier molecular flexibility index (Phi) is 5.97. The average Bonchev–Trinajstić information content (AvgIpc) is 2.91. The van der Waals surface area contributed by atoms with Crippen molar-refractivity contribution in [2.45, 2.75) is 32.5 Å². The van der Waals surface area contributed by atoms with Crippen LogP contribution in [0.25, 0.3) is 0 Å². The molecule has 1 heterocycles. The molecule has 0 radical (unpaired) electrons. The number of benzene rings is 1. The van der Waals surface area contributed by atoms with Gasteiger partial charge in [0.25, 0.3) is 0 Å². The average molecular weight is 318 g/mol. The van der Waals surface area contributed by atoms with Crippen LogP contribution in [0.15, 0.2) is 18.2 Å². The van der Waals surface area contributed by atoms with Crippen LogP contribution in [0.5, 0.6) is 5.75 Å². The summed E-state index contributed by atoms with van der Waals surface area (Å²) in [6.07, 6.45) is 1.22. The number of rotatable bonds is 6. The SMILES string of the molecule is CC(C)OC[C@@H](Oc1c(Cl)cccc1Cl)[C@H]1CCNC1. The molecule has 0 amide bonds. The van der Waals surface area contributed by atoms with E-state index in [1.54, 1.807) is 12.1 Å². The first kappa shape index (κ1) is 15.9. The summed E-state index contributed by atoms with van der Waals surface area (Å²) in [5, 5.41) is 4.43. The third-order valence-electron chi connectivity index (χ3n) is 3.41. The van der Waals surface area contributed by atoms with E-state index in [4.69, 9.17) is 32.7 Å². The maximum atomic E-state index is 6.18. The molecule has 20 heavy (non-hydrogen) atoms. The lowest BCUT2D eigenvalue weighted by Gasteiger charge is -2.26. The van der Waals surface area contributed by atoms with Gasteiger partial charge in [-0.2, -0.15) is 0 Å². The van der Waals surface area contributed by atoms with Crippen molar-refractivity contribution < 1.29 is 9.47 Å². The molecule has 0 unspecified atom stereocenters. The summed E-state index contributed by atoms with van der Waals surface area (Å²) in [5.74, 6) is 0.973. The second-order valence-electron chi connectivity index (χ2n) is 5.34. The Balaban J connectivity index is 2.09. The second-order valence-corrected chi connectivity index (χ2v) is 6.16. The van der Waals surface area contributed by atoms with Crippen LogP contribution in [0, 0.1) is 5.92 Å². The van der Waals surface area contributed by atoms with Crippen molar-refractivity contribution in [2.75, 3.05) is 19.7 Å². The fourth-order valence-electron chi connectivity index (χ4n) is 2.29. The van der Waals surface area contributed by atoms with Gasteiger partial charge in [-0.1, -0.05) is 29.3 Å². The number of para-hydroxylation sites is 1. The quantitative estimate of drug-likeness (QED) is 0.866. The topological polar surface area (TPSA) is 30.5 Å². The van der Waals surface area contributed by atoms with E-state index in [9.17, 15) is 0 Å². The van der Waals surface area contributed by atoms with Crippen molar-refractivity contribution in [3.63, 3.8) is 0 Å². The van der Waals surface area contributed by atoms with Gasteiger partial charge >= 0.3 is 0 Å². The molecule has 1 aliphatic heterocycles. The number of halogens is 2. The molecule has 1 saturated heterocycles. The molecule has 0 aromatic heterocycles. The van der Waals surface area contributed by atoms with Crippen LogP contribution in [-0.2, 0) is 4.74 Å².